The van der Waals surface area contributed by atoms with Crippen molar-refractivity contribution >= 4 is 0 Å². The van der Waals surface area contributed by atoms with Gasteiger partial charge in [-0.25, -0.2) is 0 Å². The molecule has 2 nitrogen and oxygen atoms in total. The average Bonchev–Trinajstić information content (AvgIpc) is 2.25. The third-order valence-corrected chi connectivity index (χ3v) is 2.71. The van der Waals surface area contributed by atoms with Crippen LogP contribution in [0.5, 0.6) is 0 Å². The van der Waals surface area contributed by atoms with Crippen molar-refractivity contribution < 1.29 is 4.74 Å². The molecule has 1 saturated carbocycles. The van der Waals surface area contributed by atoms with E-state index in [0.29, 0.717) is 6.10 Å². The van der Waals surface area contributed by atoms with Crippen LogP contribution in [0.4, 0.5) is 0 Å². The van der Waals surface area contributed by atoms with Crippen LogP contribution in [0.1, 0.15) is 38.5 Å². The van der Waals surface area contributed by atoms with E-state index < -0.39 is 0 Å². The van der Waals surface area contributed by atoms with Gasteiger partial charge in [0, 0.05) is 6.54 Å². The summed E-state index contributed by atoms with van der Waals surface area (Å²) >= 11 is 0. The fourth-order valence-corrected chi connectivity index (χ4v) is 1.86. The molecule has 1 N–H and O–H groups in total. The van der Waals surface area contributed by atoms with Crippen molar-refractivity contribution in [2.24, 2.45) is 0 Å². The van der Waals surface area contributed by atoms with Gasteiger partial charge >= 0.3 is 0 Å². The maximum Gasteiger partial charge on any atom is 0.0594 e. The van der Waals surface area contributed by atoms with Crippen molar-refractivity contribution in [3.8, 4) is 0 Å². The summed E-state index contributed by atoms with van der Waals surface area (Å²) in [5, 5.41) is 3.33. The van der Waals surface area contributed by atoms with Crippen molar-refractivity contribution in [1.82, 2.24) is 5.32 Å². The van der Waals surface area contributed by atoms with Crippen LogP contribution in [0, 0.1) is 0 Å². The molecule has 0 radical (unpaired) electrons. The molecule has 0 bridgehead atoms. The number of ether oxygens (including phenoxy) is 1. The second kappa shape index (κ2) is 8.01. The van der Waals surface area contributed by atoms with Gasteiger partial charge in [-0.3, -0.25) is 0 Å². The Morgan fingerprint density at radius 2 is 2.00 bits per heavy atom. The first-order valence-electron chi connectivity index (χ1n) is 5.86. The lowest BCUT2D eigenvalue weighted by Gasteiger charge is -2.21. The zero-order chi connectivity index (χ0) is 10.1. The van der Waals surface area contributed by atoms with Gasteiger partial charge in [-0.05, 0) is 25.8 Å². The molecule has 1 fully saturated rings. The Labute approximate surface area is 87.7 Å². The lowest BCUT2D eigenvalue weighted by Crippen LogP contribution is -2.25. The number of hydrogen-bond donors (Lipinski definition) is 1. The molecule has 0 aliphatic heterocycles. The first-order chi connectivity index (χ1) is 6.93. The topological polar surface area (TPSA) is 21.3 Å². The van der Waals surface area contributed by atoms with E-state index >= 15 is 0 Å². The smallest absolute Gasteiger partial charge is 0.0594 e. The molecule has 1 aliphatic carbocycles. The molecule has 14 heavy (non-hydrogen) atoms. The molecule has 1 rings (SSSR count). The van der Waals surface area contributed by atoms with E-state index in [1.165, 1.54) is 32.1 Å². The highest BCUT2D eigenvalue weighted by atomic mass is 16.5. The largest absolute Gasteiger partial charge is 0.377 e. The van der Waals surface area contributed by atoms with E-state index in [1.54, 1.807) is 0 Å². The third kappa shape index (κ3) is 5.40. The van der Waals surface area contributed by atoms with Crippen LogP contribution in [-0.4, -0.2) is 25.8 Å². The number of nitrogens with one attached hydrogen (secondary N) is 1. The summed E-state index contributed by atoms with van der Waals surface area (Å²) in [5.41, 5.74) is 0. The standard InChI is InChI=1S/C12H23NO/c1-2-3-9-13-10-11-14-12-7-5-4-6-8-12/h2,12-13H,1,3-11H2. The van der Waals surface area contributed by atoms with E-state index in [4.69, 9.17) is 4.74 Å². The molecule has 0 aromatic rings. The molecule has 0 atom stereocenters. The SMILES string of the molecule is C=CCCNCCOC1CCCCC1. The molecular weight excluding hydrogens is 174 g/mol. The Balaban J connectivity index is 1.85. The van der Waals surface area contributed by atoms with Crippen LogP contribution < -0.4 is 5.32 Å². The quantitative estimate of drug-likeness (QED) is 0.500. The Bertz CT molecular complexity index is 141. The summed E-state index contributed by atoms with van der Waals surface area (Å²) in [6.07, 6.45) is 10.2. The van der Waals surface area contributed by atoms with Gasteiger partial charge in [-0.1, -0.05) is 25.3 Å². The van der Waals surface area contributed by atoms with Gasteiger partial charge in [0.15, 0.2) is 0 Å². The molecule has 0 heterocycles. The molecule has 0 spiro atoms. The lowest BCUT2D eigenvalue weighted by atomic mass is 9.98. The minimum Gasteiger partial charge on any atom is -0.377 e. The first kappa shape index (κ1) is 11.7. The first-order valence-corrected chi connectivity index (χ1v) is 5.86. The van der Waals surface area contributed by atoms with Crippen molar-refractivity contribution in [2.45, 2.75) is 44.6 Å². The van der Waals surface area contributed by atoms with E-state index in [1.807, 2.05) is 6.08 Å². The van der Waals surface area contributed by atoms with Gasteiger partial charge in [0.05, 0.1) is 12.7 Å². The molecule has 0 amide bonds. The fraction of sp³-hybridized carbons (Fsp3) is 0.833. The van der Waals surface area contributed by atoms with Crippen molar-refractivity contribution in [1.29, 1.82) is 0 Å². The zero-order valence-electron chi connectivity index (χ0n) is 9.13. The van der Waals surface area contributed by atoms with Crippen LogP contribution in [0.2, 0.25) is 0 Å². The Morgan fingerprint density at radius 3 is 2.71 bits per heavy atom. The summed E-state index contributed by atoms with van der Waals surface area (Å²) in [7, 11) is 0. The van der Waals surface area contributed by atoms with Crippen LogP contribution in [0.3, 0.4) is 0 Å². The molecule has 0 unspecified atom stereocenters. The van der Waals surface area contributed by atoms with E-state index in [2.05, 4.69) is 11.9 Å². The molecule has 82 valence electrons. The minimum absolute atomic E-state index is 0.546. The highest BCUT2D eigenvalue weighted by Gasteiger charge is 2.12. The van der Waals surface area contributed by atoms with Gasteiger partial charge in [-0.15, -0.1) is 6.58 Å². The minimum atomic E-state index is 0.546. The summed E-state index contributed by atoms with van der Waals surface area (Å²) in [5.74, 6) is 0. The van der Waals surface area contributed by atoms with Gasteiger partial charge in [0.1, 0.15) is 0 Å². The summed E-state index contributed by atoms with van der Waals surface area (Å²) in [6.45, 7) is 6.55. The second-order valence-electron chi connectivity index (χ2n) is 3.96. The van der Waals surface area contributed by atoms with Gasteiger partial charge in [0.25, 0.3) is 0 Å². The predicted molar refractivity (Wildman–Crippen MR) is 60.5 cm³/mol. The van der Waals surface area contributed by atoms with E-state index in [9.17, 15) is 0 Å². The highest BCUT2D eigenvalue weighted by molar-refractivity contribution is 4.68. The number of hydrogen-bond acceptors (Lipinski definition) is 2. The molecule has 0 aromatic carbocycles. The molecular formula is C12H23NO. The molecule has 2 heteroatoms. The summed E-state index contributed by atoms with van der Waals surface area (Å²) < 4.78 is 5.77. The van der Waals surface area contributed by atoms with Crippen molar-refractivity contribution in [3.05, 3.63) is 12.7 Å². The van der Waals surface area contributed by atoms with Gasteiger partial charge in [-0.2, -0.15) is 0 Å². The zero-order valence-corrected chi connectivity index (χ0v) is 9.13. The van der Waals surface area contributed by atoms with Crippen LogP contribution in [0.25, 0.3) is 0 Å². The van der Waals surface area contributed by atoms with E-state index in [0.717, 1.165) is 26.1 Å². The summed E-state index contributed by atoms with van der Waals surface area (Å²) in [4.78, 5) is 0. The van der Waals surface area contributed by atoms with Crippen molar-refractivity contribution in [3.63, 3.8) is 0 Å². The molecule has 0 aromatic heterocycles. The maximum absolute atomic E-state index is 5.77. The van der Waals surface area contributed by atoms with Gasteiger partial charge < -0.3 is 10.1 Å². The Morgan fingerprint density at radius 1 is 1.21 bits per heavy atom. The monoisotopic (exact) mass is 197 g/mol. The normalized spacial score (nSPS) is 18.3. The summed E-state index contributed by atoms with van der Waals surface area (Å²) in [6, 6.07) is 0. The van der Waals surface area contributed by atoms with Crippen LogP contribution >= 0.6 is 0 Å². The fourth-order valence-electron chi connectivity index (χ4n) is 1.86. The second-order valence-corrected chi connectivity index (χ2v) is 3.96. The maximum atomic E-state index is 5.77. The van der Waals surface area contributed by atoms with Crippen molar-refractivity contribution in [2.75, 3.05) is 19.7 Å². The number of rotatable bonds is 7. The lowest BCUT2D eigenvalue weighted by molar-refractivity contribution is 0.0304. The van der Waals surface area contributed by atoms with Gasteiger partial charge in [0.2, 0.25) is 0 Å². The molecule has 0 saturated heterocycles. The predicted octanol–water partition coefficient (Wildman–Crippen LogP) is 2.50. The average molecular weight is 197 g/mol. The van der Waals surface area contributed by atoms with Crippen LogP contribution in [0.15, 0.2) is 12.7 Å². The molecule has 1 aliphatic rings. The van der Waals surface area contributed by atoms with Crippen LogP contribution in [-0.2, 0) is 4.74 Å². The Kier molecular flexibility index (Phi) is 6.71. The Hall–Kier alpha value is -0.340. The third-order valence-electron chi connectivity index (χ3n) is 2.71. The van der Waals surface area contributed by atoms with E-state index in [-0.39, 0.29) is 0 Å². The highest BCUT2D eigenvalue weighted by Crippen LogP contribution is 2.19.